The summed E-state index contributed by atoms with van der Waals surface area (Å²) >= 11 is 1.29. The number of nitro groups is 1. The highest BCUT2D eigenvalue weighted by atomic mass is 32.1. The van der Waals surface area contributed by atoms with E-state index >= 15 is 0 Å². The van der Waals surface area contributed by atoms with Gasteiger partial charge in [0, 0.05) is 23.9 Å². The number of amides is 2. The van der Waals surface area contributed by atoms with Gasteiger partial charge in [-0.2, -0.15) is 0 Å². The minimum atomic E-state index is -0.708. The van der Waals surface area contributed by atoms with Crippen LogP contribution in [0.15, 0.2) is 29.6 Å². The van der Waals surface area contributed by atoms with E-state index in [1.807, 2.05) is 0 Å². The molecule has 1 aliphatic rings. The van der Waals surface area contributed by atoms with Gasteiger partial charge < -0.3 is 15.6 Å². The molecule has 0 saturated carbocycles. The molecule has 2 atom stereocenters. The standard InChI is InChI=1S/C17H18N4O6S/c18-15(23)5-11-9-28-16(19-11)14-6-13(22)7-20(14)17(24)27-8-10-1-3-12(4-2-10)21(25)26/h1-4,9,13-14,22H,5-8H2,(H2,18,23)/t13-,14+/m1/s1. The molecule has 1 aliphatic heterocycles. The van der Waals surface area contributed by atoms with Gasteiger partial charge in [0.05, 0.1) is 35.7 Å². The third kappa shape index (κ3) is 4.61. The fraction of sp³-hybridized carbons (Fsp3) is 0.353. The zero-order valence-corrected chi connectivity index (χ0v) is 15.5. The lowest BCUT2D eigenvalue weighted by Gasteiger charge is -2.22. The second-order valence-corrected chi connectivity index (χ2v) is 7.25. The first-order valence-electron chi connectivity index (χ1n) is 8.41. The molecule has 0 unspecified atom stereocenters. The number of benzene rings is 1. The van der Waals surface area contributed by atoms with Gasteiger partial charge in [-0.1, -0.05) is 0 Å². The number of aliphatic hydroxyl groups excluding tert-OH is 1. The number of aliphatic hydroxyl groups is 1. The molecule has 1 aromatic heterocycles. The van der Waals surface area contributed by atoms with Crippen LogP contribution >= 0.6 is 11.3 Å². The summed E-state index contributed by atoms with van der Waals surface area (Å²) in [6, 6.07) is 5.24. The van der Waals surface area contributed by atoms with E-state index in [9.17, 15) is 24.8 Å². The third-order valence-electron chi connectivity index (χ3n) is 4.23. The molecule has 28 heavy (non-hydrogen) atoms. The molecule has 0 bridgehead atoms. The maximum Gasteiger partial charge on any atom is 0.410 e. The summed E-state index contributed by atoms with van der Waals surface area (Å²) in [6.45, 7) is 0.0510. The first kappa shape index (κ1) is 19.7. The predicted octanol–water partition coefficient (Wildman–Crippen LogP) is 1.52. The van der Waals surface area contributed by atoms with E-state index in [2.05, 4.69) is 4.98 Å². The van der Waals surface area contributed by atoms with Gasteiger partial charge in [-0.15, -0.1) is 11.3 Å². The Morgan fingerprint density at radius 2 is 2.11 bits per heavy atom. The molecule has 2 amide bonds. The second-order valence-electron chi connectivity index (χ2n) is 6.36. The summed E-state index contributed by atoms with van der Waals surface area (Å²) < 4.78 is 5.29. The molecule has 148 valence electrons. The van der Waals surface area contributed by atoms with Gasteiger partial charge in [0.1, 0.15) is 11.6 Å². The van der Waals surface area contributed by atoms with Crippen molar-refractivity contribution in [3.8, 4) is 0 Å². The molecule has 2 aromatic rings. The Labute approximate surface area is 163 Å². The first-order valence-corrected chi connectivity index (χ1v) is 9.29. The van der Waals surface area contributed by atoms with Gasteiger partial charge in [0.2, 0.25) is 5.91 Å². The van der Waals surface area contributed by atoms with Crippen LogP contribution in [0, 0.1) is 10.1 Å². The Hall–Kier alpha value is -3.05. The Balaban J connectivity index is 1.64. The molecule has 1 fully saturated rings. The zero-order valence-electron chi connectivity index (χ0n) is 14.7. The molecule has 1 aromatic carbocycles. The summed E-state index contributed by atoms with van der Waals surface area (Å²) in [4.78, 5) is 39.4. The molecule has 0 spiro atoms. The number of β-amino-alcohol motifs (C(OH)–C–C–N with tert-alkyl or cyclic N) is 1. The Kier molecular flexibility index (Phi) is 5.85. The highest BCUT2D eigenvalue weighted by Crippen LogP contribution is 2.34. The lowest BCUT2D eigenvalue weighted by molar-refractivity contribution is -0.384. The van der Waals surface area contributed by atoms with E-state index in [1.54, 1.807) is 5.38 Å². The SMILES string of the molecule is NC(=O)Cc1csc([C@@H]2C[C@@H](O)CN2C(=O)OCc2ccc([N+](=O)[O-])cc2)n1. The third-order valence-corrected chi connectivity index (χ3v) is 5.23. The Morgan fingerprint density at radius 1 is 1.39 bits per heavy atom. The summed E-state index contributed by atoms with van der Waals surface area (Å²) in [5, 5.41) is 23.0. The number of nitrogens with two attached hydrogens (primary N) is 1. The number of carbonyl (C=O) groups is 2. The van der Waals surface area contributed by atoms with Crippen molar-refractivity contribution in [3.63, 3.8) is 0 Å². The van der Waals surface area contributed by atoms with E-state index in [0.29, 0.717) is 22.7 Å². The van der Waals surface area contributed by atoms with Crippen LogP contribution in [0.1, 0.15) is 28.7 Å². The number of rotatable bonds is 6. The Morgan fingerprint density at radius 3 is 2.75 bits per heavy atom. The number of primary amides is 1. The molecule has 3 rings (SSSR count). The number of nitro benzene ring substituents is 1. The Bertz CT molecular complexity index is 884. The molecule has 1 saturated heterocycles. The average molecular weight is 406 g/mol. The van der Waals surface area contributed by atoms with Crippen LogP contribution in [0.3, 0.4) is 0 Å². The van der Waals surface area contributed by atoms with Crippen molar-refractivity contribution in [3.05, 3.63) is 56.0 Å². The molecule has 11 heteroatoms. The average Bonchev–Trinajstić information content (AvgIpc) is 3.25. The lowest BCUT2D eigenvalue weighted by atomic mass is 10.2. The molecule has 0 aliphatic carbocycles. The van der Waals surface area contributed by atoms with E-state index in [-0.39, 0.29) is 25.3 Å². The number of aromatic nitrogens is 1. The molecule has 3 N–H and O–H groups in total. The normalized spacial score (nSPS) is 18.8. The van der Waals surface area contributed by atoms with Crippen LogP contribution in [0.2, 0.25) is 0 Å². The van der Waals surface area contributed by atoms with Crippen molar-refractivity contribution >= 4 is 29.0 Å². The van der Waals surface area contributed by atoms with Crippen molar-refractivity contribution < 1.29 is 24.4 Å². The summed E-state index contributed by atoms with van der Waals surface area (Å²) in [5.41, 5.74) is 6.25. The van der Waals surface area contributed by atoms with Crippen molar-refractivity contribution in [2.24, 2.45) is 5.73 Å². The fourth-order valence-electron chi connectivity index (χ4n) is 2.93. The highest BCUT2D eigenvalue weighted by molar-refractivity contribution is 7.09. The minimum absolute atomic E-state index is 0.0103. The number of non-ortho nitro benzene ring substituents is 1. The van der Waals surface area contributed by atoms with Crippen LogP contribution in [-0.2, 0) is 22.6 Å². The monoisotopic (exact) mass is 406 g/mol. The lowest BCUT2D eigenvalue weighted by Crippen LogP contribution is -2.32. The van der Waals surface area contributed by atoms with E-state index < -0.39 is 29.1 Å². The number of ether oxygens (including phenoxy) is 1. The number of likely N-dealkylation sites (tertiary alicyclic amines) is 1. The maximum absolute atomic E-state index is 12.5. The van der Waals surface area contributed by atoms with Crippen molar-refractivity contribution in [1.29, 1.82) is 0 Å². The molecular weight excluding hydrogens is 388 g/mol. The molecular formula is C17H18N4O6S. The summed E-state index contributed by atoms with van der Waals surface area (Å²) in [5.74, 6) is -0.498. The summed E-state index contributed by atoms with van der Waals surface area (Å²) in [6.07, 6.45) is -1.00. The summed E-state index contributed by atoms with van der Waals surface area (Å²) in [7, 11) is 0. The largest absolute Gasteiger partial charge is 0.445 e. The highest BCUT2D eigenvalue weighted by Gasteiger charge is 2.38. The van der Waals surface area contributed by atoms with Crippen molar-refractivity contribution in [1.82, 2.24) is 9.88 Å². The molecule has 10 nitrogen and oxygen atoms in total. The van der Waals surface area contributed by atoms with Gasteiger partial charge in [0.25, 0.3) is 5.69 Å². The second kappa shape index (κ2) is 8.31. The number of hydrogen-bond donors (Lipinski definition) is 2. The van der Waals surface area contributed by atoms with Gasteiger partial charge in [-0.25, -0.2) is 9.78 Å². The first-order chi connectivity index (χ1) is 13.3. The van der Waals surface area contributed by atoms with Gasteiger partial charge in [0.15, 0.2) is 0 Å². The van der Waals surface area contributed by atoms with Gasteiger partial charge in [-0.3, -0.25) is 19.8 Å². The van der Waals surface area contributed by atoms with Crippen LogP contribution in [0.25, 0.3) is 0 Å². The van der Waals surface area contributed by atoms with Crippen molar-refractivity contribution in [2.45, 2.75) is 31.6 Å². The van der Waals surface area contributed by atoms with Crippen molar-refractivity contribution in [2.75, 3.05) is 6.54 Å². The quantitative estimate of drug-likeness (QED) is 0.545. The number of nitrogens with zero attached hydrogens (tertiary/aromatic N) is 3. The van der Waals surface area contributed by atoms with Gasteiger partial charge in [-0.05, 0) is 17.7 Å². The van der Waals surface area contributed by atoms with Crippen LogP contribution in [0.5, 0.6) is 0 Å². The maximum atomic E-state index is 12.5. The predicted molar refractivity (Wildman–Crippen MR) is 98.4 cm³/mol. The van der Waals surface area contributed by atoms with Crippen LogP contribution in [0.4, 0.5) is 10.5 Å². The number of thiazole rings is 1. The molecule has 0 radical (unpaired) electrons. The fourth-order valence-corrected chi connectivity index (χ4v) is 3.87. The zero-order chi connectivity index (χ0) is 20.3. The van der Waals surface area contributed by atoms with Gasteiger partial charge >= 0.3 is 6.09 Å². The van der Waals surface area contributed by atoms with Crippen LogP contribution in [-0.4, -0.2) is 44.6 Å². The molecule has 2 heterocycles. The van der Waals surface area contributed by atoms with E-state index in [4.69, 9.17) is 10.5 Å². The smallest absolute Gasteiger partial charge is 0.410 e. The van der Waals surface area contributed by atoms with E-state index in [0.717, 1.165) is 0 Å². The van der Waals surface area contributed by atoms with Crippen LogP contribution < -0.4 is 5.73 Å². The minimum Gasteiger partial charge on any atom is -0.445 e. The number of carbonyl (C=O) groups excluding carboxylic acids is 2. The topological polar surface area (TPSA) is 149 Å². The van der Waals surface area contributed by atoms with E-state index in [1.165, 1.54) is 40.5 Å². The number of hydrogen-bond acceptors (Lipinski definition) is 8.